The number of aryl methyl sites for hydroxylation is 1. The highest BCUT2D eigenvalue weighted by Crippen LogP contribution is 2.41. The molecule has 1 aliphatic carbocycles. The summed E-state index contributed by atoms with van der Waals surface area (Å²) in [7, 11) is 0. The summed E-state index contributed by atoms with van der Waals surface area (Å²) < 4.78 is 0. The van der Waals surface area contributed by atoms with Crippen LogP contribution in [0.4, 0.5) is 0 Å². The van der Waals surface area contributed by atoms with Crippen molar-refractivity contribution in [1.29, 1.82) is 0 Å². The van der Waals surface area contributed by atoms with Crippen molar-refractivity contribution >= 4 is 11.1 Å². The van der Waals surface area contributed by atoms with Gasteiger partial charge in [-0.25, -0.2) is 0 Å². The average Bonchev–Trinajstić information content (AvgIpc) is 3.03. The molecule has 0 atom stereocenters. The Morgan fingerprint density at radius 2 is 1.38 bits per heavy atom. The average molecular weight is 347 g/mol. The summed E-state index contributed by atoms with van der Waals surface area (Å²) in [6, 6.07) is 18.1. The maximum Gasteiger partial charge on any atom is -0.00108 e. The number of hydrogen-bond donors (Lipinski definition) is 0. The van der Waals surface area contributed by atoms with E-state index in [1.165, 1.54) is 80.0 Å². The minimum absolute atomic E-state index is 1.10. The van der Waals surface area contributed by atoms with Gasteiger partial charge in [0.25, 0.3) is 0 Å². The lowest BCUT2D eigenvalue weighted by Crippen LogP contribution is -1.89. The van der Waals surface area contributed by atoms with E-state index in [4.69, 9.17) is 0 Å². The monoisotopic (exact) mass is 346 g/mol. The van der Waals surface area contributed by atoms with Gasteiger partial charge >= 0.3 is 0 Å². The molecular weight excluding hydrogens is 312 g/mol. The Morgan fingerprint density at radius 3 is 2.12 bits per heavy atom. The minimum atomic E-state index is 1.10. The largest absolute Gasteiger partial charge is 0.0654 e. The summed E-state index contributed by atoms with van der Waals surface area (Å²) in [5, 5.41) is 0. The van der Waals surface area contributed by atoms with Crippen LogP contribution in [0.3, 0.4) is 0 Å². The molecule has 3 rings (SSSR count). The van der Waals surface area contributed by atoms with Gasteiger partial charge in [-0.3, -0.25) is 0 Å². The summed E-state index contributed by atoms with van der Waals surface area (Å²) in [5.41, 5.74) is 8.95. The number of allylic oxidation sites excluding steroid dienone is 2. The van der Waals surface area contributed by atoms with Gasteiger partial charge < -0.3 is 0 Å². The third-order valence-corrected chi connectivity index (χ3v) is 5.75. The molecule has 0 saturated carbocycles. The van der Waals surface area contributed by atoms with Gasteiger partial charge in [0.05, 0.1) is 0 Å². The molecule has 26 heavy (non-hydrogen) atoms. The first-order valence-electron chi connectivity index (χ1n) is 10.7. The van der Waals surface area contributed by atoms with Crippen molar-refractivity contribution in [1.82, 2.24) is 0 Å². The van der Waals surface area contributed by atoms with E-state index in [0.29, 0.717) is 0 Å². The molecule has 0 N–H and O–H groups in total. The zero-order chi connectivity index (χ0) is 18.2. The first-order valence-corrected chi connectivity index (χ1v) is 10.7. The number of fused-ring (bicyclic) bond motifs is 1. The first kappa shape index (κ1) is 19.0. The highest BCUT2D eigenvalue weighted by atomic mass is 14.3. The molecular formula is C26H34. The fraction of sp³-hybridized carbons (Fsp3) is 0.462. The van der Waals surface area contributed by atoms with E-state index < -0.39 is 0 Å². The fourth-order valence-corrected chi connectivity index (χ4v) is 4.18. The van der Waals surface area contributed by atoms with E-state index >= 15 is 0 Å². The van der Waals surface area contributed by atoms with E-state index in [-0.39, 0.29) is 0 Å². The highest BCUT2D eigenvalue weighted by molar-refractivity contribution is 5.97. The quantitative estimate of drug-likeness (QED) is 0.382. The molecule has 0 bridgehead atoms. The van der Waals surface area contributed by atoms with Crippen LogP contribution in [0.2, 0.25) is 0 Å². The van der Waals surface area contributed by atoms with Crippen LogP contribution >= 0.6 is 0 Å². The van der Waals surface area contributed by atoms with Crippen molar-refractivity contribution in [3.05, 3.63) is 70.8 Å². The second kappa shape index (κ2) is 9.76. The van der Waals surface area contributed by atoms with Crippen LogP contribution in [0.15, 0.2) is 48.5 Å². The number of hydrogen-bond acceptors (Lipinski definition) is 0. The van der Waals surface area contributed by atoms with Crippen molar-refractivity contribution in [2.45, 2.75) is 78.1 Å². The molecule has 0 spiro atoms. The Balaban J connectivity index is 1.62. The molecule has 0 unspecified atom stereocenters. The summed E-state index contributed by atoms with van der Waals surface area (Å²) in [4.78, 5) is 0. The van der Waals surface area contributed by atoms with Crippen molar-refractivity contribution in [2.75, 3.05) is 0 Å². The van der Waals surface area contributed by atoms with Gasteiger partial charge in [-0.2, -0.15) is 0 Å². The van der Waals surface area contributed by atoms with Gasteiger partial charge in [0.2, 0.25) is 0 Å². The first-order chi connectivity index (χ1) is 12.8. The third-order valence-electron chi connectivity index (χ3n) is 5.75. The normalized spacial score (nSPS) is 13.3. The molecule has 138 valence electrons. The molecule has 0 saturated heterocycles. The van der Waals surface area contributed by atoms with Crippen LogP contribution in [0, 0.1) is 6.92 Å². The molecule has 0 amide bonds. The predicted molar refractivity (Wildman–Crippen MR) is 115 cm³/mol. The van der Waals surface area contributed by atoms with Crippen molar-refractivity contribution in [3.63, 3.8) is 0 Å². The second-order valence-corrected chi connectivity index (χ2v) is 7.88. The third kappa shape index (κ3) is 4.87. The lowest BCUT2D eigenvalue weighted by Gasteiger charge is -2.10. The van der Waals surface area contributed by atoms with Gasteiger partial charge in [0.15, 0.2) is 0 Å². The van der Waals surface area contributed by atoms with Gasteiger partial charge in [0.1, 0.15) is 0 Å². The SMILES string of the molecule is CCCCCCCCCCC1=C(c2ccc(C)cc2)Cc2ccccc21. The van der Waals surface area contributed by atoms with Crippen LogP contribution in [-0.2, 0) is 6.42 Å². The lowest BCUT2D eigenvalue weighted by atomic mass is 9.95. The van der Waals surface area contributed by atoms with Crippen LogP contribution in [0.5, 0.6) is 0 Å². The summed E-state index contributed by atoms with van der Waals surface area (Å²) >= 11 is 0. The molecule has 0 heteroatoms. The van der Waals surface area contributed by atoms with E-state index in [2.05, 4.69) is 62.4 Å². The van der Waals surface area contributed by atoms with Gasteiger partial charge in [-0.1, -0.05) is 106 Å². The van der Waals surface area contributed by atoms with E-state index in [1.54, 1.807) is 11.1 Å². The standard InChI is InChI=1S/C26H34/c1-3-4-5-6-7-8-9-10-15-25-24-14-12-11-13-23(24)20-26(25)22-18-16-21(2)17-19-22/h11-14,16-19H,3-10,15,20H2,1-2H3. The molecule has 0 aliphatic heterocycles. The maximum absolute atomic E-state index is 2.33. The second-order valence-electron chi connectivity index (χ2n) is 7.88. The molecule has 0 radical (unpaired) electrons. The molecule has 0 aromatic heterocycles. The fourth-order valence-electron chi connectivity index (χ4n) is 4.18. The molecule has 0 heterocycles. The Labute approximate surface area is 160 Å². The minimum Gasteiger partial charge on any atom is -0.0654 e. The van der Waals surface area contributed by atoms with Crippen molar-refractivity contribution in [3.8, 4) is 0 Å². The topological polar surface area (TPSA) is 0 Å². The molecule has 0 fully saturated rings. The maximum atomic E-state index is 2.33. The van der Waals surface area contributed by atoms with Gasteiger partial charge in [0, 0.05) is 0 Å². The van der Waals surface area contributed by atoms with Crippen LogP contribution in [-0.4, -0.2) is 0 Å². The molecule has 2 aromatic carbocycles. The Kier molecular flexibility index (Phi) is 7.12. The zero-order valence-corrected chi connectivity index (χ0v) is 16.7. The Morgan fingerprint density at radius 1 is 0.731 bits per heavy atom. The summed E-state index contributed by atoms with van der Waals surface area (Å²) in [6.45, 7) is 4.46. The van der Waals surface area contributed by atoms with Crippen molar-refractivity contribution in [2.24, 2.45) is 0 Å². The van der Waals surface area contributed by atoms with Gasteiger partial charge in [-0.05, 0) is 54.0 Å². The van der Waals surface area contributed by atoms with Gasteiger partial charge in [-0.15, -0.1) is 0 Å². The zero-order valence-electron chi connectivity index (χ0n) is 16.7. The Bertz CT molecular complexity index is 718. The van der Waals surface area contributed by atoms with Crippen LogP contribution in [0.1, 0.15) is 87.0 Å². The molecule has 1 aliphatic rings. The number of rotatable bonds is 10. The molecule has 2 aromatic rings. The Hall–Kier alpha value is -1.82. The van der Waals surface area contributed by atoms with Crippen LogP contribution in [0.25, 0.3) is 11.1 Å². The van der Waals surface area contributed by atoms with E-state index in [0.717, 1.165) is 6.42 Å². The van der Waals surface area contributed by atoms with E-state index in [1.807, 2.05) is 0 Å². The van der Waals surface area contributed by atoms with E-state index in [9.17, 15) is 0 Å². The lowest BCUT2D eigenvalue weighted by molar-refractivity contribution is 0.579. The predicted octanol–water partition coefficient (Wildman–Crippen LogP) is 7.99. The summed E-state index contributed by atoms with van der Waals surface area (Å²) in [6.07, 6.45) is 13.4. The number of benzene rings is 2. The molecule has 0 nitrogen and oxygen atoms in total. The number of unbranched alkanes of at least 4 members (excludes halogenated alkanes) is 7. The highest BCUT2D eigenvalue weighted by Gasteiger charge is 2.21. The smallest absolute Gasteiger partial charge is 0.00108 e. The van der Waals surface area contributed by atoms with Crippen LogP contribution < -0.4 is 0 Å². The van der Waals surface area contributed by atoms with Crippen molar-refractivity contribution < 1.29 is 0 Å². The summed E-state index contributed by atoms with van der Waals surface area (Å²) in [5.74, 6) is 0.